The van der Waals surface area contributed by atoms with Crippen LogP contribution in [0.25, 0.3) is 0 Å². The van der Waals surface area contributed by atoms with Crippen LogP contribution in [0.2, 0.25) is 0 Å². The van der Waals surface area contributed by atoms with Gasteiger partial charge in [-0.05, 0) is 19.4 Å². The maximum Gasteiger partial charge on any atom is 0.258 e. The first kappa shape index (κ1) is 16.1. The Hall–Kier alpha value is -1.75. The molecular weight excluding hydrogens is 306 g/mol. The van der Waals surface area contributed by atoms with Crippen LogP contribution < -0.4 is 0 Å². The minimum atomic E-state index is 0.106. The lowest BCUT2D eigenvalue weighted by Crippen LogP contribution is -2.44. The zero-order chi connectivity index (χ0) is 16.6. The molecule has 2 aromatic rings. The fourth-order valence-corrected chi connectivity index (χ4v) is 4.54. The highest BCUT2D eigenvalue weighted by molar-refractivity contribution is 8.00. The number of aromatic nitrogens is 2. The summed E-state index contributed by atoms with van der Waals surface area (Å²) in [5, 5.41) is 4.79. The highest BCUT2D eigenvalue weighted by Crippen LogP contribution is 2.37. The third-order valence-corrected chi connectivity index (χ3v) is 5.82. The molecule has 23 heavy (non-hydrogen) atoms. The molecule has 3 rings (SSSR count). The first-order valence-electron chi connectivity index (χ1n) is 7.98. The lowest BCUT2D eigenvalue weighted by Gasteiger charge is -2.40. The van der Waals surface area contributed by atoms with Crippen LogP contribution in [0.4, 0.5) is 0 Å². The van der Waals surface area contributed by atoms with Crippen LogP contribution in [0.15, 0.2) is 30.3 Å². The number of carbonyl (C=O) groups excluding carboxylic acids is 1. The van der Waals surface area contributed by atoms with E-state index in [0.717, 1.165) is 29.2 Å². The number of hydrogen-bond acceptors (Lipinski definition) is 3. The van der Waals surface area contributed by atoms with E-state index in [1.165, 1.54) is 5.56 Å². The van der Waals surface area contributed by atoms with Crippen molar-refractivity contribution < 1.29 is 4.79 Å². The molecule has 4 nitrogen and oxygen atoms in total. The normalized spacial score (nSPS) is 21.5. The van der Waals surface area contributed by atoms with Gasteiger partial charge in [0.1, 0.15) is 0 Å². The van der Waals surface area contributed by atoms with Gasteiger partial charge in [-0.15, -0.1) is 0 Å². The Kier molecular flexibility index (Phi) is 4.48. The molecule has 1 aromatic heterocycles. The van der Waals surface area contributed by atoms with Gasteiger partial charge in [-0.3, -0.25) is 9.48 Å². The SMILES string of the molecule is Cc1nn(C)c(C)c1C(=O)N1CCS[C@@H](C)[C@@H]1c1ccccc1. The third-order valence-electron chi connectivity index (χ3n) is 4.62. The third kappa shape index (κ3) is 2.90. The molecule has 0 saturated carbocycles. The molecular formula is C18H23N3OS. The van der Waals surface area contributed by atoms with E-state index in [1.54, 1.807) is 4.68 Å². The van der Waals surface area contributed by atoms with Crippen LogP contribution >= 0.6 is 11.8 Å². The van der Waals surface area contributed by atoms with Gasteiger partial charge < -0.3 is 4.90 Å². The summed E-state index contributed by atoms with van der Waals surface area (Å²) in [6.45, 7) is 6.87. The number of thioether (sulfide) groups is 1. The molecule has 0 N–H and O–H groups in total. The standard InChI is InChI=1S/C18H23N3OS/c1-12-16(13(2)20(4)19-12)18(22)21-10-11-23-14(3)17(21)15-8-6-5-7-9-15/h5-9,14,17H,10-11H2,1-4H3/t14-,17+/m0/s1. The lowest BCUT2D eigenvalue weighted by molar-refractivity contribution is 0.0679. The lowest BCUT2D eigenvalue weighted by atomic mass is 10.0. The number of amides is 1. The number of rotatable bonds is 2. The molecule has 1 aliphatic heterocycles. The molecule has 2 heterocycles. The van der Waals surface area contributed by atoms with Gasteiger partial charge in [0.15, 0.2) is 0 Å². The van der Waals surface area contributed by atoms with Crippen LogP contribution in [0, 0.1) is 13.8 Å². The summed E-state index contributed by atoms with van der Waals surface area (Å²) < 4.78 is 1.79. The highest BCUT2D eigenvalue weighted by Gasteiger charge is 2.35. The van der Waals surface area contributed by atoms with Crippen LogP contribution in [-0.2, 0) is 7.05 Å². The summed E-state index contributed by atoms with van der Waals surface area (Å²) in [4.78, 5) is 15.3. The van der Waals surface area contributed by atoms with Crippen molar-refractivity contribution >= 4 is 17.7 Å². The fourth-order valence-electron chi connectivity index (χ4n) is 3.38. The average molecular weight is 329 g/mol. The van der Waals surface area contributed by atoms with E-state index in [0.29, 0.717) is 5.25 Å². The molecule has 0 unspecified atom stereocenters. The number of hydrogen-bond donors (Lipinski definition) is 0. The van der Waals surface area contributed by atoms with Crippen molar-refractivity contribution in [3.05, 3.63) is 52.8 Å². The summed E-state index contributed by atoms with van der Waals surface area (Å²) in [5.41, 5.74) is 3.71. The number of nitrogens with zero attached hydrogens (tertiary/aromatic N) is 3. The van der Waals surface area contributed by atoms with Crippen LogP contribution in [0.5, 0.6) is 0 Å². The van der Waals surface area contributed by atoms with Crippen molar-refractivity contribution in [1.29, 1.82) is 0 Å². The summed E-state index contributed by atoms with van der Waals surface area (Å²) in [5.74, 6) is 1.09. The Bertz CT molecular complexity index is 711. The molecule has 0 aliphatic carbocycles. The van der Waals surface area contributed by atoms with Crippen molar-refractivity contribution in [1.82, 2.24) is 14.7 Å². The average Bonchev–Trinajstić information content (AvgIpc) is 2.80. The van der Waals surface area contributed by atoms with Crippen LogP contribution in [0.1, 0.15) is 40.3 Å². The molecule has 1 aliphatic rings. The number of benzene rings is 1. The van der Waals surface area contributed by atoms with Gasteiger partial charge >= 0.3 is 0 Å². The van der Waals surface area contributed by atoms with Gasteiger partial charge in [-0.2, -0.15) is 16.9 Å². The Morgan fingerprint density at radius 2 is 1.96 bits per heavy atom. The van der Waals surface area contributed by atoms with Crippen molar-refractivity contribution in [2.75, 3.05) is 12.3 Å². The first-order chi connectivity index (χ1) is 11.0. The minimum Gasteiger partial charge on any atom is -0.330 e. The Labute approximate surface area is 141 Å². The van der Waals surface area contributed by atoms with Gasteiger partial charge in [-0.1, -0.05) is 37.3 Å². The van der Waals surface area contributed by atoms with E-state index in [1.807, 2.05) is 55.8 Å². The Morgan fingerprint density at radius 1 is 1.26 bits per heavy atom. The predicted molar refractivity (Wildman–Crippen MR) is 94.8 cm³/mol. The molecule has 1 fully saturated rings. The second-order valence-corrected chi connectivity index (χ2v) is 7.58. The van der Waals surface area contributed by atoms with E-state index >= 15 is 0 Å². The molecule has 1 saturated heterocycles. The number of aryl methyl sites for hydroxylation is 2. The molecule has 0 radical (unpaired) electrons. The maximum atomic E-state index is 13.2. The number of carbonyl (C=O) groups is 1. The molecule has 0 spiro atoms. The molecule has 0 bridgehead atoms. The summed E-state index contributed by atoms with van der Waals surface area (Å²) in [7, 11) is 1.89. The van der Waals surface area contributed by atoms with Crippen LogP contribution in [-0.4, -0.2) is 38.1 Å². The van der Waals surface area contributed by atoms with Crippen LogP contribution in [0.3, 0.4) is 0 Å². The zero-order valence-corrected chi connectivity index (χ0v) is 14.9. The maximum absolute atomic E-state index is 13.2. The van der Waals surface area contributed by atoms with Crippen molar-refractivity contribution in [2.45, 2.75) is 32.1 Å². The van der Waals surface area contributed by atoms with E-state index in [4.69, 9.17) is 0 Å². The smallest absolute Gasteiger partial charge is 0.258 e. The summed E-state index contributed by atoms with van der Waals surface area (Å²) in [6, 6.07) is 10.5. The Morgan fingerprint density at radius 3 is 2.57 bits per heavy atom. The Balaban J connectivity index is 2.00. The zero-order valence-electron chi connectivity index (χ0n) is 14.1. The van der Waals surface area contributed by atoms with Crippen molar-refractivity contribution in [2.24, 2.45) is 7.05 Å². The molecule has 122 valence electrons. The van der Waals surface area contributed by atoms with Crippen molar-refractivity contribution in [3.8, 4) is 0 Å². The van der Waals surface area contributed by atoms with Gasteiger partial charge in [0, 0.05) is 30.3 Å². The van der Waals surface area contributed by atoms with E-state index in [2.05, 4.69) is 24.2 Å². The quantitative estimate of drug-likeness (QED) is 0.848. The van der Waals surface area contributed by atoms with E-state index < -0.39 is 0 Å². The minimum absolute atomic E-state index is 0.106. The van der Waals surface area contributed by atoms with Gasteiger partial charge in [0.25, 0.3) is 5.91 Å². The van der Waals surface area contributed by atoms with Gasteiger partial charge in [0.05, 0.1) is 17.3 Å². The summed E-state index contributed by atoms with van der Waals surface area (Å²) >= 11 is 1.94. The topological polar surface area (TPSA) is 38.1 Å². The van der Waals surface area contributed by atoms with E-state index in [-0.39, 0.29) is 11.9 Å². The molecule has 2 atom stereocenters. The molecule has 5 heteroatoms. The van der Waals surface area contributed by atoms with E-state index in [9.17, 15) is 4.79 Å². The fraction of sp³-hybridized carbons (Fsp3) is 0.444. The highest BCUT2D eigenvalue weighted by atomic mass is 32.2. The molecule has 1 amide bonds. The first-order valence-corrected chi connectivity index (χ1v) is 9.03. The van der Waals surface area contributed by atoms with Gasteiger partial charge in [0.2, 0.25) is 0 Å². The second kappa shape index (κ2) is 6.40. The second-order valence-electron chi connectivity index (χ2n) is 6.10. The van der Waals surface area contributed by atoms with Gasteiger partial charge in [-0.25, -0.2) is 0 Å². The molecule has 1 aromatic carbocycles. The predicted octanol–water partition coefficient (Wildman–Crippen LogP) is 3.36. The summed E-state index contributed by atoms with van der Waals surface area (Å²) in [6.07, 6.45) is 0. The largest absolute Gasteiger partial charge is 0.330 e. The van der Waals surface area contributed by atoms with Crippen molar-refractivity contribution in [3.63, 3.8) is 0 Å². The monoisotopic (exact) mass is 329 g/mol.